The first-order valence-electron chi connectivity index (χ1n) is 14.2. The summed E-state index contributed by atoms with van der Waals surface area (Å²) in [6, 6.07) is 15.1. The number of hydrogen-bond acceptors (Lipinski definition) is 5. The maximum atomic E-state index is 12.9. The number of fused-ring (bicyclic) bond motifs is 2. The predicted octanol–water partition coefficient (Wildman–Crippen LogP) is 6.46. The summed E-state index contributed by atoms with van der Waals surface area (Å²) in [7, 11) is 0. The molecule has 0 spiro atoms. The molecule has 1 aromatic heterocycles. The van der Waals surface area contributed by atoms with E-state index in [1.54, 1.807) is 11.3 Å². The molecular weight excluding hydrogens is 476 g/mol. The van der Waals surface area contributed by atoms with Gasteiger partial charge in [-0.25, -0.2) is 4.98 Å². The number of amides is 1. The number of carbonyl (C=O) groups excluding carboxylic acids is 1. The van der Waals surface area contributed by atoms with Gasteiger partial charge in [0, 0.05) is 22.5 Å². The molecule has 1 fully saturated rings. The highest BCUT2D eigenvalue weighted by Gasteiger charge is 2.28. The average molecular weight is 519 g/mol. The summed E-state index contributed by atoms with van der Waals surface area (Å²) < 4.78 is 0. The van der Waals surface area contributed by atoms with Crippen LogP contribution in [0.3, 0.4) is 0 Å². The van der Waals surface area contributed by atoms with Crippen LogP contribution in [0.5, 0.6) is 0 Å². The lowest BCUT2D eigenvalue weighted by Crippen LogP contribution is -2.42. The molecule has 0 bridgehead atoms. The van der Waals surface area contributed by atoms with E-state index in [2.05, 4.69) is 41.2 Å². The van der Waals surface area contributed by atoms with Gasteiger partial charge in [0.05, 0.1) is 5.69 Å². The largest absolute Gasteiger partial charge is 0.375 e. The van der Waals surface area contributed by atoms with Crippen LogP contribution in [0.1, 0.15) is 79.7 Å². The van der Waals surface area contributed by atoms with Gasteiger partial charge in [-0.3, -0.25) is 9.69 Å². The number of anilines is 1. The topological polar surface area (TPSA) is 71.2 Å². The van der Waals surface area contributed by atoms with E-state index in [-0.39, 0.29) is 5.91 Å². The Morgan fingerprint density at radius 1 is 1.08 bits per heavy atom. The minimum Gasteiger partial charge on any atom is -0.375 e. The zero-order chi connectivity index (χ0) is 25.8. The second kappa shape index (κ2) is 12.0. The number of rotatable bonds is 9. The van der Waals surface area contributed by atoms with Gasteiger partial charge in [0.2, 0.25) is 0 Å². The smallest absolute Gasteiger partial charge is 0.251 e. The second-order valence-corrected chi connectivity index (χ2v) is 12.7. The Labute approximate surface area is 225 Å². The fraction of sp³-hybridized carbons (Fsp3) is 0.548. The van der Waals surface area contributed by atoms with Crippen molar-refractivity contribution >= 4 is 33.1 Å². The summed E-state index contributed by atoms with van der Waals surface area (Å²) in [6.45, 7) is 7.02. The highest BCUT2D eigenvalue weighted by molar-refractivity contribution is 7.15. The molecule has 0 radical (unpaired) electrons. The van der Waals surface area contributed by atoms with Gasteiger partial charge < -0.3 is 11.1 Å². The number of carbonyl (C=O) groups is 1. The summed E-state index contributed by atoms with van der Waals surface area (Å²) >= 11 is 1.69. The Morgan fingerprint density at radius 3 is 2.65 bits per heavy atom. The molecule has 198 valence electrons. The number of nitrogen functional groups attached to an aromatic ring is 1. The number of aromatic nitrogens is 1. The van der Waals surface area contributed by atoms with Gasteiger partial charge in [0.25, 0.3) is 5.91 Å². The van der Waals surface area contributed by atoms with Crippen LogP contribution in [-0.4, -0.2) is 41.0 Å². The van der Waals surface area contributed by atoms with E-state index in [4.69, 9.17) is 5.73 Å². The molecule has 0 unspecified atom stereocenters. The van der Waals surface area contributed by atoms with Crippen LogP contribution >= 0.6 is 11.3 Å². The van der Waals surface area contributed by atoms with Crippen molar-refractivity contribution in [1.82, 2.24) is 15.2 Å². The van der Waals surface area contributed by atoms with E-state index in [0.29, 0.717) is 12.1 Å². The Morgan fingerprint density at radius 2 is 1.86 bits per heavy atom. The van der Waals surface area contributed by atoms with Crippen molar-refractivity contribution in [1.29, 1.82) is 0 Å². The monoisotopic (exact) mass is 518 g/mol. The molecule has 0 aliphatic heterocycles. The van der Waals surface area contributed by atoms with Crippen molar-refractivity contribution in [2.24, 2.45) is 11.8 Å². The van der Waals surface area contributed by atoms with Crippen LogP contribution in [-0.2, 0) is 12.8 Å². The van der Waals surface area contributed by atoms with Crippen LogP contribution in [0.15, 0.2) is 42.5 Å². The third-order valence-electron chi connectivity index (χ3n) is 8.46. The van der Waals surface area contributed by atoms with Crippen LogP contribution < -0.4 is 11.1 Å². The van der Waals surface area contributed by atoms with Gasteiger partial charge in [-0.1, -0.05) is 44.2 Å². The average Bonchev–Trinajstić information content (AvgIpc) is 3.28. The normalized spacial score (nSPS) is 21.9. The molecule has 1 amide bonds. The maximum Gasteiger partial charge on any atom is 0.251 e. The SMILES string of the molecule is CC(C)CCN(CC[C@H]1CC[C@H](NC(=O)c2ccc3ccccc3c2)CC1)[C@H]1CCc2nc(N)sc2C1. The van der Waals surface area contributed by atoms with E-state index in [1.165, 1.54) is 61.2 Å². The van der Waals surface area contributed by atoms with E-state index in [0.717, 1.165) is 53.6 Å². The highest BCUT2D eigenvalue weighted by Crippen LogP contribution is 2.32. The Bertz CT molecular complexity index is 1200. The minimum absolute atomic E-state index is 0.0643. The van der Waals surface area contributed by atoms with Crippen molar-refractivity contribution in [3.05, 3.63) is 58.6 Å². The molecule has 3 aromatic rings. The highest BCUT2D eigenvalue weighted by atomic mass is 32.1. The molecule has 1 atom stereocenters. The van der Waals surface area contributed by atoms with E-state index >= 15 is 0 Å². The number of thiazole rings is 1. The zero-order valence-corrected chi connectivity index (χ0v) is 23.2. The standard InChI is InChI=1S/C31H42N4OS/c1-21(2)15-17-35(27-13-14-28-29(20-27)37-31(32)34-28)18-16-22-7-11-26(12-8-22)33-30(36)25-10-9-23-5-3-4-6-24(23)19-25/h3-6,9-10,19,21-22,26-27H,7-8,11-18,20H2,1-2H3,(H2,32,34)(H,33,36)/t22-,26-,27-/m0/s1. The number of aryl methyl sites for hydroxylation is 1. The molecule has 6 heteroatoms. The second-order valence-electron chi connectivity index (χ2n) is 11.6. The molecule has 5 rings (SSSR count). The van der Waals surface area contributed by atoms with Crippen molar-refractivity contribution in [3.8, 4) is 0 Å². The number of nitrogens with one attached hydrogen (secondary N) is 1. The molecule has 5 nitrogen and oxygen atoms in total. The molecular formula is C31H42N4OS. The maximum absolute atomic E-state index is 12.9. The fourth-order valence-corrected chi connectivity index (χ4v) is 7.08. The molecule has 1 saturated carbocycles. The van der Waals surface area contributed by atoms with Gasteiger partial charge >= 0.3 is 0 Å². The van der Waals surface area contributed by atoms with Crippen LogP contribution in [0, 0.1) is 11.8 Å². The summed E-state index contributed by atoms with van der Waals surface area (Å²) in [6.07, 6.45) is 10.5. The molecule has 3 N–H and O–H groups in total. The number of nitrogens with two attached hydrogens (primary N) is 1. The van der Waals surface area contributed by atoms with Gasteiger partial charge in [0.1, 0.15) is 0 Å². The van der Waals surface area contributed by atoms with E-state index in [1.807, 2.05) is 30.3 Å². The first kappa shape index (κ1) is 26.2. The third-order valence-corrected chi connectivity index (χ3v) is 9.41. The Balaban J connectivity index is 1.11. The predicted molar refractivity (Wildman–Crippen MR) is 155 cm³/mol. The van der Waals surface area contributed by atoms with Crippen molar-refractivity contribution < 1.29 is 4.79 Å². The minimum atomic E-state index is 0.0643. The first-order valence-corrected chi connectivity index (χ1v) is 15.0. The zero-order valence-electron chi connectivity index (χ0n) is 22.4. The summed E-state index contributed by atoms with van der Waals surface area (Å²) in [5, 5.41) is 6.33. The van der Waals surface area contributed by atoms with Gasteiger partial charge in [0.15, 0.2) is 5.13 Å². The Kier molecular flexibility index (Phi) is 8.46. The van der Waals surface area contributed by atoms with Crippen LogP contribution in [0.4, 0.5) is 5.13 Å². The molecule has 0 saturated heterocycles. The lowest BCUT2D eigenvalue weighted by Gasteiger charge is -2.36. The number of benzene rings is 2. The molecule has 2 aliphatic carbocycles. The van der Waals surface area contributed by atoms with Crippen LogP contribution in [0.25, 0.3) is 10.8 Å². The lowest BCUT2D eigenvalue weighted by molar-refractivity contribution is 0.0917. The molecule has 2 aromatic carbocycles. The third kappa shape index (κ3) is 6.71. The van der Waals surface area contributed by atoms with E-state index < -0.39 is 0 Å². The van der Waals surface area contributed by atoms with Gasteiger partial charge in [-0.15, -0.1) is 11.3 Å². The number of nitrogens with zero attached hydrogens (tertiary/aromatic N) is 2. The van der Waals surface area contributed by atoms with Crippen molar-refractivity contribution in [2.45, 2.75) is 83.7 Å². The Hall–Kier alpha value is -2.44. The molecule has 37 heavy (non-hydrogen) atoms. The number of hydrogen-bond donors (Lipinski definition) is 2. The van der Waals surface area contributed by atoms with Crippen molar-refractivity contribution in [2.75, 3.05) is 18.8 Å². The van der Waals surface area contributed by atoms with Crippen LogP contribution in [0.2, 0.25) is 0 Å². The van der Waals surface area contributed by atoms with E-state index in [9.17, 15) is 4.79 Å². The summed E-state index contributed by atoms with van der Waals surface area (Å²) in [5.74, 6) is 1.55. The molecule has 1 heterocycles. The molecule has 2 aliphatic rings. The first-order chi connectivity index (χ1) is 17.9. The fourth-order valence-electron chi connectivity index (χ4n) is 6.13. The van der Waals surface area contributed by atoms with Gasteiger partial charge in [-0.05, 0) is 106 Å². The summed E-state index contributed by atoms with van der Waals surface area (Å²) in [4.78, 5) is 21.6. The quantitative estimate of drug-likeness (QED) is 0.341. The van der Waals surface area contributed by atoms with Gasteiger partial charge in [-0.2, -0.15) is 0 Å². The summed E-state index contributed by atoms with van der Waals surface area (Å²) in [5.41, 5.74) is 8.00. The van der Waals surface area contributed by atoms with Crippen molar-refractivity contribution in [3.63, 3.8) is 0 Å². The lowest BCUT2D eigenvalue weighted by atomic mass is 9.83.